The van der Waals surface area contributed by atoms with Gasteiger partial charge < -0.3 is 14.7 Å². The van der Waals surface area contributed by atoms with Crippen LogP contribution in [0.15, 0.2) is 54.6 Å². The van der Waals surface area contributed by atoms with Crippen LogP contribution in [0.2, 0.25) is 0 Å². The first kappa shape index (κ1) is 20.7. The maximum absolute atomic E-state index is 10.8. The van der Waals surface area contributed by atoms with Crippen molar-refractivity contribution in [2.45, 2.75) is 43.1 Å². The van der Waals surface area contributed by atoms with E-state index >= 15 is 0 Å². The molecule has 1 aliphatic carbocycles. The Morgan fingerprint density at radius 2 is 1.77 bits per heavy atom. The highest BCUT2D eigenvalue weighted by molar-refractivity contribution is 5.60. The standard InChI is InChI=1S/C24H30N4O2/c1-27(2)24(19-8-4-3-5-9-19)14-12-23(13-15-24)18-28(22(29)26-23)20-10-6-7-11-21(20)30-17-16-25/h3-11,22,26,29H,12-15,17-18H2,1-2H3/t22?,23-,24+. The van der Waals surface area contributed by atoms with Crippen molar-refractivity contribution >= 4 is 5.69 Å². The highest BCUT2D eigenvalue weighted by atomic mass is 16.5. The van der Waals surface area contributed by atoms with Gasteiger partial charge >= 0.3 is 0 Å². The van der Waals surface area contributed by atoms with Gasteiger partial charge in [0.15, 0.2) is 13.0 Å². The first-order chi connectivity index (χ1) is 14.5. The third-order valence-corrected chi connectivity index (χ3v) is 6.87. The minimum absolute atomic E-state index is 0.0120. The van der Waals surface area contributed by atoms with Crippen molar-refractivity contribution in [3.05, 3.63) is 60.2 Å². The van der Waals surface area contributed by atoms with Gasteiger partial charge in [0, 0.05) is 17.6 Å². The van der Waals surface area contributed by atoms with Crippen LogP contribution in [0.25, 0.3) is 0 Å². The molecule has 0 aromatic heterocycles. The Balaban J connectivity index is 1.54. The van der Waals surface area contributed by atoms with Gasteiger partial charge in [-0.15, -0.1) is 0 Å². The molecule has 1 atom stereocenters. The Morgan fingerprint density at radius 3 is 2.43 bits per heavy atom. The summed E-state index contributed by atoms with van der Waals surface area (Å²) in [6.45, 7) is 0.696. The van der Waals surface area contributed by atoms with Gasteiger partial charge in [0.05, 0.1) is 5.69 Å². The molecule has 1 saturated carbocycles. The molecule has 158 valence electrons. The Bertz CT molecular complexity index is 901. The summed E-state index contributed by atoms with van der Waals surface area (Å²) in [6.07, 6.45) is 3.19. The molecule has 2 aromatic rings. The van der Waals surface area contributed by atoms with Gasteiger partial charge in [-0.2, -0.15) is 5.26 Å². The molecule has 2 aliphatic rings. The molecular weight excluding hydrogens is 376 g/mol. The van der Waals surface area contributed by atoms with E-state index in [1.165, 1.54) is 5.56 Å². The third kappa shape index (κ3) is 3.65. The largest absolute Gasteiger partial charge is 0.477 e. The number of ether oxygens (including phenoxy) is 1. The second kappa shape index (κ2) is 8.27. The normalized spacial score (nSPS) is 28.6. The number of aliphatic hydroxyl groups excluding tert-OH is 1. The summed E-state index contributed by atoms with van der Waals surface area (Å²) in [6, 6.07) is 20.4. The summed E-state index contributed by atoms with van der Waals surface area (Å²) in [5.74, 6) is 0.625. The summed E-state index contributed by atoms with van der Waals surface area (Å²) in [5, 5.41) is 23.2. The van der Waals surface area contributed by atoms with Crippen LogP contribution in [0.3, 0.4) is 0 Å². The first-order valence-electron chi connectivity index (χ1n) is 10.5. The van der Waals surface area contributed by atoms with Crippen LogP contribution < -0.4 is 15.0 Å². The van der Waals surface area contributed by atoms with Crippen molar-refractivity contribution in [3.63, 3.8) is 0 Å². The van der Waals surface area contributed by atoms with E-state index in [1.807, 2.05) is 35.2 Å². The fourth-order valence-electron chi connectivity index (χ4n) is 5.14. The molecule has 1 heterocycles. The van der Waals surface area contributed by atoms with Crippen molar-refractivity contribution in [1.29, 1.82) is 5.26 Å². The fourth-order valence-corrected chi connectivity index (χ4v) is 5.14. The first-order valence-corrected chi connectivity index (χ1v) is 10.5. The molecule has 6 nitrogen and oxygen atoms in total. The monoisotopic (exact) mass is 406 g/mol. The van der Waals surface area contributed by atoms with E-state index in [2.05, 4.69) is 54.6 Å². The number of nitrogens with one attached hydrogen (secondary N) is 1. The van der Waals surface area contributed by atoms with E-state index in [-0.39, 0.29) is 17.7 Å². The Hall–Kier alpha value is -2.59. The van der Waals surface area contributed by atoms with Gasteiger partial charge in [-0.3, -0.25) is 10.2 Å². The van der Waals surface area contributed by atoms with Crippen molar-refractivity contribution in [3.8, 4) is 11.8 Å². The summed E-state index contributed by atoms with van der Waals surface area (Å²) in [7, 11) is 4.33. The molecule has 0 amide bonds. The number of para-hydroxylation sites is 2. The lowest BCUT2D eigenvalue weighted by Gasteiger charge is -2.49. The number of hydrogen-bond acceptors (Lipinski definition) is 6. The van der Waals surface area contributed by atoms with Gasteiger partial charge in [-0.25, -0.2) is 0 Å². The molecular formula is C24H30N4O2. The molecule has 1 saturated heterocycles. The third-order valence-electron chi connectivity index (χ3n) is 6.87. The average Bonchev–Trinajstić information content (AvgIpc) is 3.09. The van der Waals surface area contributed by atoms with Gasteiger partial charge in [-0.1, -0.05) is 42.5 Å². The van der Waals surface area contributed by atoms with Crippen LogP contribution in [0.4, 0.5) is 5.69 Å². The molecule has 1 aliphatic heterocycles. The maximum atomic E-state index is 10.8. The molecule has 0 radical (unpaired) electrons. The zero-order valence-corrected chi connectivity index (χ0v) is 17.7. The highest BCUT2D eigenvalue weighted by Gasteiger charge is 2.50. The van der Waals surface area contributed by atoms with Gasteiger partial charge in [0.25, 0.3) is 0 Å². The molecule has 6 heteroatoms. The van der Waals surface area contributed by atoms with E-state index in [4.69, 9.17) is 10.00 Å². The molecule has 4 rings (SSSR count). The van der Waals surface area contributed by atoms with Crippen LogP contribution in [-0.4, -0.2) is 49.1 Å². The van der Waals surface area contributed by atoms with E-state index in [0.29, 0.717) is 12.3 Å². The number of rotatable bonds is 5. The van der Waals surface area contributed by atoms with Gasteiger partial charge in [-0.05, 0) is 57.5 Å². The maximum Gasteiger partial charge on any atom is 0.184 e. The molecule has 2 aromatic carbocycles. The van der Waals surface area contributed by atoms with E-state index in [9.17, 15) is 5.11 Å². The number of benzene rings is 2. The Labute approximate surface area is 178 Å². The lowest BCUT2D eigenvalue weighted by Crippen LogP contribution is -2.54. The topological polar surface area (TPSA) is 71.8 Å². The van der Waals surface area contributed by atoms with Gasteiger partial charge in [0.1, 0.15) is 11.8 Å². The number of aliphatic hydroxyl groups is 1. The SMILES string of the molecule is CN(C)[C@]1(c2ccccc2)CC[C@]2(CC1)CN(c1ccccc1OCC#N)C(O)N2. The minimum atomic E-state index is -0.777. The summed E-state index contributed by atoms with van der Waals surface area (Å²) >= 11 is 0. The minimum Gasteiger partial charge on any atom is -0.477 e. The zero-order chi connectivity index (χ0) is 21.2. The second-order valence-corrected chi connectivity index (χ2v) is 8.63. The fraction of sp³-hybridized carbons (Fsp3) is 0.458. The smallest absolute Gasteiger partial charge is 0.184 e. The number of hydrogen-bond donors (Lipinski definition) is 2. The second-order valence-electron chi connectivity index (χ2n) is 8.63. The lowest BCUT2D eigenvalue weighted by atomic mass is 9.69. The van der Waals surface area contributed by atoms with Crippen LogP contribution in [-0.2, 0) is 5.54 Å². The number of nitriles is 1. The molecule has 1 spiro atoms. The molecule has 2 N–H and O–H groups in total. The summed E-state index contributed by atoms with van der Waals surface area (Å²) in [5.41, 5.74) is 2.05. The van der Waals surface area contributed by atoms with E-state index in [0.717, 1.165) is 31.4 Å². The molecule has 2 fully saturated rings. The highest BCUT2D eigenvalue weighted by Crippen LogP contribution is 2.47. The van der Waals surface area contributed by atoms with Crippen molar-refractivity contribution in [2.75, 3.05) is 32.1 Å². The van der Waals surface area contributed by atoms with Crippen LogP contribution in [0.1, 0.15) is 31.2 Å². The predicted molar refractivity (Wildman–Crippen MR) is 117 cm³/mol. The predicted octanol–water partition coefficient (Wildman–Crippen LogP) is 3.04. The lowest BCUT2D eigenvalue weighted by molar-refractivity contribution is 0.0513. The molecule has 30 heavy (non-hydrogen) atoms. The Kier molecular flexibility index (Phi) is 5.70. The zero-order valence-electron chi connectivity index (χ0n) is 17.7. The number of nitrogens with zero attached hydrogens (tertiary/aromatic N) is 3. The van der Waals surface area contributed by atoms with Crippen molar-refractivity contribution < 1.29 is 9.84 Å². The average molecular weight is 407 g/mol. The Morgan fingerprint density at radius 1 is 1.10 bits per heavy atom. The van der Waals surface area contributed by atoms with Crippen LogP contribution in [0.5, 0.6) is 5.75 Å². The van der Waals surface area contributed by atoms with Crippen molar-refractivity contribution in [2.24, 2.45) is 0 Å². The summed E-state index contributed by atoms with van der Waals surface area (Å²) in [4.78, 5) is 4.31. The van der Waals surface area contributed by atoms with Crippen LogP contribution >= 0.6 is 0 Å². The van der Waals surface area contributed by atoms with E-state index in [1.54, 1.807) is 0 Å². The van der Waals surface area contributed by atoms with E-state index < -0.39 is 6.35 Å². The van der Waals surface area contributed by atoms with Crippen molar-refractivity contribution in [1.82, 2.24) is 10.2 Å². The quantitative estimate of drug-likeness (QED) is 0.795. The molecule has 1 unspecified atom stereocenters. The summed E-state index contributed by atoms with van der Waals surface area (Å²) < 4.78 is 5.60. The molecule has 0 bridgehead atoms. The van der Waals surface area contributed by atoms with Crippen LogP contribution in [0, 0.1) is 11.3 Å². The van der Waals surface area contributed by atoms with Gasteiger partial charge in [0.2, 0.25) is 0 Å². The number of anilines is 1.